The van der Waals surface area contributed by atoms with Gasteiger partial charge in [0.1, 0.15) is 47.9 Å². The van der Waals surface area contributed by atoms with Crippen LogP contribution in [0.3, 0.4) is 0 Å². The minimum atomic E-state index is -0.768. The van der Waals surface area contributed by atoms with E-state index in [1.807, 2.05) is 18.2 Å². The van der Waals surface area contributed by atoms with E-state index in [9.17, 15) is 24.3 Å². The molecule has 3 aromatic heterocycles. The average molecular weight is 1050 g/mol. The summed E-state index contributed by atoms with van der Waals surface area (Å²) in [5.74, 6) is 0.623. The fraction of sp³-hybridized carbons (Fsp3) is 0.500. The molecule has 3 amide bonds. The fourth-order valence-corrected chi connectivity index (χ4v) is 13.1. The molecule has 19 heteroatoms. The van der Waals surface area contributed by atoms with Gasteiger partial charge in [-0.15, -0.1) is 6.42 Å². The summed E-state index contributed by atoms with van der Waals surface area (Å²) in [6, 6.07) is 11.2. The number of rotatable bonds is 19. The molecule has 0 saturated carbocycles. The summed E-state index contributed by atoms with van der Waals surface area (Å²) < 4.78 is 47.8. The molecular formula is C58H66F2N10O7. The first-order valence-corrected chi connectivity index (χ1v) is 27.5. The molecule has 6 aromatic rings. The van der Waals surface area contributed by atoms with Gasteiger partial charge in [-0.2, -0.15) is 9.97 Å². The van der Waals surface area contributed by atoms with Crippen LogP contribution in [0.1, 0.15) is 120 Å². The number of hydrogen-bond acceptors (Lipinski definition) is 13. The number of fused-ring (bicyclic) bond motifs is 6. The number of alkyl carbamates (subject to hydrolysis) is 1. The van der Waals surface area contributed by atoms with Crippen molar-refractivity contribution in [3.8, 4) is 35.4 Å². The Hall–Kier alpha value is -7.17. The molecule has 3 unspecified atom stereocenters. The Morgan fingerprint density at radius 1 is 0.961 bits per heavy atom. The number of terminal acetylenes is 1. The number of piperidine rings is 1. The van der Waals surface area contributed by atoms with Gasteiger partial charge in [0.05, 0.1) is 27.5 Å². The van der Waals surface area contributed by atoms with E-state index in [2.05, 4.69) is 36.7 Å². The molecule has 11 rings (SSSR count). The highest BCUT2D eigenvalue weighted by Gasteiger charge is 2.50. The number of aromatic hydroxyl groups is 1. The van der Waals surface area contributed by atoms with Crippen molar-refractivity contribution < 1.29 is 37.7 Å². The normalized spacial score (nSPS) is 22.2. The molecule has 5 saturated heterocycles. The quantitative estimate of drug-likeness (QED) is 0.0348. The Morgan fingerprint density at radius 3 is 2.52 bits per heavy atom. The van der Waals surface area contributed by atoms with Crippen LogP contribution in [0.2, 0.25) is 0 Å². The number of aromatic nitrogens is 5. The monoisotopic (exact) mass is 1050 g/mol. The molecule has 5 aliphatic rings. The van der Waals surface area contributed by atoms with Crippen LogP contribution in [0.4, 0.5) is 19.4 Å². The lowest BCUT2D eigenvalue weighted by Gasteiger charge is -2.35. The summed E-state index contributed by atoms with van der Waals surface area (Å²) in [6.07, 6.45) is 22.1. The van der Waals surface area contributed by atoms with Crippen molar-refractivity contribution in [2.24, 2.45) is 7.05 Å². The van der Waals surface area contributed by atoms with E-state index in [0.29, 0.717) is 42.6 Å². The minimum absolute atomic E-state index is 0.00522. The number of halogens is 2. The van der Waals surface area contributed by atoms with Crippen LogP contribution in [-0.2, 0) is 27.8 Å². The zero-order valence-corrected chi connectivity index (χ0v) is 43.6. The van der Waals surface area contributed by atoms with Crippen molar-refractivity contribution in [1.29, 1.82) is 0 Å². The molecule has 0 aliphatic carbocycles. The molecule has 0 radical (unpaired) electrons. The number of carbonyl (C=O) groups excluding carboxylic acids is 3. The lowest BCUT2D eigenvalue weighted by atomic mass is 9.95. The topological polar surface area (TPSA) is 198 Å². The summed E-state index contributed by atoms with van der Waals surface area (Å²) in [6.45, 7) is 3.24. The number of unbranched alkanes of at least 4 members (excludes halogenated alkanes) is 7. The molecule has 5 aliphatic heterocycles. The number of amides is 3. The number of phenols is 1. The number of para-hydroxylation sites is 1. The number of ether oxygens (including phenoxy) is 2. The third-order valence-electron chi connectivity index (χ3n) is 16.9. The van der Waals surface area contributed by atoms with Crippen molar-refractivity contribution >= 4 is 56.4 Å². The molecular weight excluding hydrogens is 987 g/mol. The zero-order chi connectivity index (χ0) is 53.4. The number of hydrogen-bond donors (Lipinski definition) is 4. The van der Waals surface area contributed by atoms with Gasteiger partial charge in [-0.3, -0.25) is 33.9 Å². The van der Waals surface area contributed by atoms with Gasteiger partial charge in [-0.1, -0.05) is 62.6 Å². The third-order valence-corrected chi connectivity index (χ3v) is 16.9. The molecule has 5 fully saturated rings. The number of aryl methyl sites for hydroxylation is 2. The SMILES string of the molecule is C#Cc1c(F)ccc2cc(O)cc(-c3ncc4c(N5CC6CCC(C5)N6)nc(OC[C@@]56CCCN5[C@H](COC(=O)NCCCCCCCCCCc5cccc7c5n(C)c(=O)n7C5CCC(=O)NC5=O)CC6)nc4c3F)c12. The molecule has 4 N–H and O–H groups in total. The van der Waals surface area contributed by atoms with Gasteiger partial charge in [0.15, 0.2) is 5.82 Å². The van der Waals surface area contributed by atoms with E-state index in [0.717, 1.165) is 119 Å². The lowest BCUT2D eigenvalue weighted by molar-refractivity contribution is -0.135. The number of carbonyl (C=O) groups is 3. The largest absolute Gasteiger partial charge is 0.508 e. The summed E-state index contributed by atoms with van der Waals surface area (Å²) >= 11 is 0. The number of piperazine rings is 1. The highest BCUT2D eigenvalue weighted by atomic mass is 19.1. The predicted octanol–water partition coefficient (Wildman–Crippen LogP) is 7.85. The first-order chi connectivity index (χ1) is 37.4. The summed E-state index contributed by atoms with van der Waals surface area (Å²) in [4.78, 5) is 69.3. The number of nitrogens with zero attached hydrogens (tertiary/aromatic N) is 7. The van der Waals surface area contributed by atoms with Crippen LogP contribution in [0.5, 0.6) is 11.8 Å². The van der Waals surface area contributed by atoms with Gasteiger partial charge in [0.25, 0.3) is 0 Å². The van der Waals surface area contributed by atoms with E-state index in [1.165, 1.54) is 35.0 Å². The highest BCUT2D eigenvalue weighted by molar-refractivity contribution is 6.03. The van der Waals surface area contributed by atoms with E-state index in [-0.39, 0.29) is 94.4 Å². The minimum Gasteiger partial charge on any atom is -0.508 e. The Kier molecular flexibility index (Phi) is 14.9. The maximum atomic E-state index is 17.2. The third kappa shape index (κ3) is 10.3. The van der Waals surface area contributed by atoms with Crippen LogP contribution in [0.15, 0.2) is 53.5 Å². The molecule has 404 valence electrons. The predicted molar refractivity (Wildman–Crippen MR) is 288 cm³/mol. The first-order valence-electron chi connectivity index (χ1n) is 27.5. The van der Waals surface area contributed by atoms with E-state index >= 15 is 8.78 Å². The average Bonchev–Trinajstić information content (AvgIpc) is 4.29. The number of pyridine rings is 1. The number of imidazole rings is 1. The second-order valence-corrected chi connectivity index (χ2v) is 21.8. The Morgan fingerprint density at radius 2 is 1.74 bits per heavy atom. The second kappa shape index (κ2) is 22.1. The van der Waals surface area contributed by atoms with Gasteiger partial charge in [0, 0.05) is 68.4 Å². The maximum absolute atomic E-state index is 17.2. The van der Waals surface area contributed by atoms with Crippen LogP contribution >= 0.6 is 0 Å². The van der Waals surface area contributed by atoms with Crippen molar-refractivity contribution in [3.05, 3.63) is 81.9 Å². The maximum Gasteiger partial charge on any atom is 0.407 e. The summed E-state index contributed by atoms with van der Waals surface area (Å²) in [7, 11) is 1.74. The van der Waals surface area contributed by atoms with E-state index < -0.39 is 29.7 Å². The van der Waals surface area contributed by atoms with Crippen LogP contribution < -0.4 is 31.3 Å². The second-order valence-electron chi connectivity index (χ2n) is 21.8. The van der Waals surface area contributed by atoms with Crippen LogP contribution in [0.25, 0.3) is 44.0 Å². The molecule has 0 spiro atoms. The van der Waals surface area contributed by atoms with Gasteiger partial charge in [-0.25, -0.2) is 18.4 Å². The highest BCUT2D eigenvalue weighted by Crippen LogP contribution is 2.44. The van der Waals surface area contributed by atoms with Crippen LogP contribution in [0, 0.1) is 24.0 Å². The van der Waals surface area contributed by atoms with Crippen molar-refractivity contribution in [2.75, 3.05) is 44.3 Å². The van der Waals surface area contributed by atoms with Gasteiger partial charge in [-0.05, 0) is 106 Å². The van der Waals surface area contributed by atoms with E-state index in [4.69, 9.17) is 25.9 Å². The number of phenolic OH excluding ortho intramolecular Hbond substituents is 1. The van der Waals surface area contributed by atoms with Gasteiger partial charge in [0.2, 0.25) is 11.8 Å². The Labute approximate surface area is 445 Å². The molecule has 17 nitrogen and oxygen atoms in total. The zero-order valence-electron chi connectivity index (χ0n) is 43.6. The first kappa shape index (κ1) is 51.9. The lowest BCUT2D eigenvalue weighted by Crippen LogP contribution is -2.51. The van der Waals surface area contributed by atoms with Crippen molar-refractivity contribution in [2.45, 2.75) is 139 Å². The molecule has 77 heavy (non-hydrogen) atoms. The van der Waals surface area contributed by atoms with E-state index in [1.54, 1.807) is 11.6 Å². The Balaban J connectivity index is 0.650. The summed E-state index contributed by atoms with van der Waals surface area (Å²) in [5, 5.41) is 20.8. The van der Waals surface area contributed by atoms with Gasteiger partial charge >= 0.3 is 17.8 Å². The smallest absolute Gasteiger partial charge is 0.407 e. The summed E-state index contributed by atoms with van der Waals surface area (Å²) in [5.41, 5.74) is 2.00. The Bertz CT molecular complexity index is 3360. The molecule has 8 heterocycles. The molecule has 2 bridgehead atoms. The number of benzene rings is 3. The van der Waals surface area contributed by atoms with Crippen LogP contribution in [-0.4, -0.2) is 115 Å². The number of anilines is 1. The number of imide groups is 1. The molecule has 3 aromatic carbocycles. The molecule has 5 atom stereocenters. The van der Waals surface area contributed by atoms with Crippen molar-refractivity contribution in [1.82, 2.24) is 44.9 Å². The van der Waals surface area contributed by atoms with Crippen molar-refractivity contribution in [3.63, 3.8) is 0 Å². The van der Waals surface area contributed by atoms with Gasteiger partial charge < -0.3 is 30.1 Å². The fourth-order valence-electron chi connectivity index (χ4n) is 13.1. The standard InChI is InChI=1S/C58H66F2N10O7/c1-3-41-44(59)20-17-36-28-40(71)29-42(48(36)41)50-49(60)51-43(30-62-50)53(68-31-37-18-19-38(32-68)63-37)66-55(65-51)77-34-58-24-13-27-69(58)39(23-25-58)33-76-56(74)61-26-11-9-7-5-4-6-8-10-14-35-15-12-16-45-52(35)67(2)57(75)70(45)46-21-22-47(72)64-54(46)73/h1,12,15-17,20,28-30,37-39,46,63,71H,4-11,13-14,18-19,21-27,31-34H2,2H3,(H,61,74)(H,64,72,73)/t37?,38?,39-,46?,58-/m0/s1. The number of nitrogens with one attached hydrogen (secondary N) is 3.